The van der Waals surface area contributed by atoms with Crippen LogP contribution >= 0.6 is 0 Å². The van der Waals surface area contributed by atoms with Gasteiger partial charge in [0, 0.05) is 23.9 Å². The molecule has 1 heterocycles. The maximum absolute atomic E-state index is 14.2. The average molecular weight is 492 g/mol. The van der Waals surface area contributed by atoms with Gasteiger partial charge in [-0.1, -0.05) is 51.1 Å². The summed E-state index contributed by atoms with van der Waals surface area (Å²) in [5, 5.41) is 9.36. The topological polar surface area (TPSA) is 57.6 Å². The molecule has 5 heteroatoms. The van der Waals surface area contributed by atoms with Crippen LogP contribution in [0, 0.1) is 17.7 Å². The predicted octanol–water partition coefficient (Wildman–Crippen LogP) is 6.04. The molecule has 1 amide bonds. The van der Waals surface area contributed by atoms with Crippen LogP contribution in [0.3, 0.4) is 0 Å². The van der Waals surface area contributed by atoms with Gasteiger partial charge in [0.15, 0.2) is 0 Å². The summed E-state index contributed by atoms with van der Waals surface area (Å²) < 4.78 is 14.2. The van der Waals surface area contributed by atoms with Gasteiger partial charge in [-0.15, -0.1) is 0 Å². The number of fused-ring (bicyclic) bond motifs is 3. The Kier molecular flexibility index (Phi) is 6.46. The van der Waals surface area contributed by atoms with Gasteiger partial charge in [0.2, 0.25) is 5.91 Å². The molecule has 0 radical (unpaired) electrons. The molecular formula is C31H38FNO3. The number of carboxylic acids is 1. The van der Waals surface area contributed by atoms with E-state index in [2.05, 4.69) is 43.9 Å². The SMILES string of the molecule is CC(C)(C)c1ccc2c(c1)CCC1N(C(=O)[C@H]3CC[C@H](C(=O)O)CC3)CCC21Cc1cccc(F)c1. The fraction of sp³-hybridized carbons (Fsp3) is 0.548. The Morgan fingerprint density at radius 2 is 1.75 bits per heavy atom. The van der Waals surface area contributed by atoms with Gasteiger partial charge in [0.1, 0.15) is 5.82 Å². The Labute approximate surface area is 213 Å². The van der Waals surface area contributed by atoms with E-state index in [0.29, 0.717) is 38.6 Å². The van der Waals surface area contributed by atoms with E-state index in [-0.39, 0.29) is 40.4 Å². The minimum absolute atomic E-state index is 0.0636. The Balaban J connectivity index is 1.48. The molecule has 192 valence electrons. The van der Waals surface area contributed by atoms with E-state index in [1.165, 1.54) is 22.8 Å². The number of amides is 1. The standard InChI is InChI=1S/C31H38FNO3/c1-30(2,3)24-12-13-26-23(18-24)11-14-27-31(26,19-20-5-4-6-25(32)17-20)15-16-33(27)28(34)21-7-9-22(10-8-21)29(35)36/h4-6,12-13,17-18,21-22,27H,7-11,14-16,19H2,1-3H3,(H,35,36)/t21-,22-,27?,31?. The lowest BCUT2D eigenvalue weighted by atomic mass is 9.63. The second kappa shape index (κ2) is 9.32. The summed E-state index contributed by atoms with van der Waals surface area (Å²) in [7, 11) is 0. The fourth-order valence-electron chi connectivity index (χ4n) is 7.13. The maximum Gasteiger partial charge on any atom is 0.306 e. The molecule has 4 nitrogen and oxygen atoms in total. The average Bonchev–Trinajstić information content (AvgIpc) is 3.22. The van der Waals surface area contributed by atoms with E-state index < -0.39 is 5.97 Å². The number of benzene rings is 2. The van der Waals surface area contributed by atoms with Crippen molar-refractivity contribution in [1.29, 1.82) is 0 Å². The van der Waals surface area contributed by atoms with Crippen LogP contribution in [0.5, 0.6) is 0 Å². The third kappa shape index (κ3) is 4.46. The number of aryl methyl sites for hydroxylation is 1. The summed E-state index contributed by atoms with van der Waals surface area (Å²) in [4.78, 5) is 27.3. The van der Waals surface area contributed by atoms with Crippen LogP contribution in [0.25, 0.3) is 0 Å². The number of carboxylic acid groups (broad SMARTS) is 1. The molecule has 2 unspecified atom stereocenters. The molecule has 0 spiro atoms. The van der Waals surface area contributed by atoms with Gasteiger partial charge in [0.25, 0.3) is 0 Å². The van der Waals surface area contributed by atoms with Crippen molar-refractivity contribution in [2.24, 2.45) is 11.8 Å². The minimum atomic E-state index is -0.741. The second-order valence-corrected chi connectivity index (χ2v) is 12.3. The molecule has 2 fully saturated rings. The molecule has 3 aliphatic rings. The van der Waals surface area contributed by atoms with Gasteiger partial charge in [0.05, 0.1) is 5.92 Å². The number of carbonyl (C=O) groups excluding carboxylic acids is 1. The number of carbonyl (C=O) groups is 2. The Morgan fingerprint density at radius 1 is 1.03 bits per heavy atom. The third-order valence-corrected chi connectivity index (χ3v) is 9.13. The molecule has 1 saturated heterocycles. The van der Waals surface area contributed by atoms with Crippen molar-refractivity contribution in [3.8, 4) is 0 Å². The molecule has 0 aromatic heterocycles. The quantitative estimate of drug-likeness (QED) is 0.567. The molecule has 2 aromatic carbocycles. The van der Waals surface area contributed by atoms with Crippen molar-refractivity contribution in [2.75, 3.05) is 6.54 Å². The van der Waals surface area contributed by atoms with Crippen molar-refractivity contribution in [3.63, 3.8) is 0 Å². The largest absolute Gasteiger partial charge is 0.481 e. The molecule has 1 N–H and O–H groups in total. The molecule has 36 heavy (non-hydrogen) atoms. The molecule has 2 aliphatic carbocycles. The monoisotopic (exact) mass is 491 g/mol. The number of hydrogen-bond acceptors (Lipinski definition) is 2. The zero-order valence-electron chi connectivity index (χ0n) is 21.7. The number of hydrogen-bond donors (Lipinski definition) is 1. The van der Waals surface area contributed by atoms with Gasteiger partial charge in [-0.05, 0) is 91.2 Å². The first-order chi connectivity index (χ1) is 17.1. The zero-order valence-corrected chi connectivity index (χ0v) is 21.7. The van der Waals surface area contributed by atoms with Crippen molar-refractivity contribution in [3.05, 3.63) is 70.5 Å². The number of nitrogens with zero attached hydrogens (tertiary/aromatic N) is 1. The first-order valence-electron chi connectivity index (χ1n) is 13.5. The van der Waals surface area contributed by atoms with Crippen LogP contribution < -0.4 is 0 Å². The molecule has 5 rings (SSSR count). The van der Waals surface area contributed by atoms with Crippen LogP contribution in [0.4, 0.5) is 4.39 Å². The number of likely N-dealkylation sites (tertiary alicyclic amines) is 1. The van der Waals surface area contributed by atoms with Gasteiger partial charge in [-0.25, -0.2) is 4.39 Å². The Morgan fingerprint density at radius 3 is 2.42 bits per heavy atom. The molecule has 1 aliphatic heterocycles. The van der Waals surface area contributed by atoms with E-state index in [4.69, 9.17) is 0 Å². The maximum atomic E-state index is 14.2. The van der Waals surface area contributed by atoms with Crippen LogP contribution in [0.2, 0.25) is 0 Å². The number of rotatable bonds is 4. The molecule has 1 saturated carbocycles. The van der Waals surface area contributed by atoms with Crippen molar-refractivity contribution in [2.45, 2.75) is 89.0 Å². The highest BCUT2D eigenvalue weighted by molar-refractivity contribution is 5.80. The Hall–Kier alpha value is -2.69. The normalized spacial score (nSPS) is 27.9. The molecule has 2 aromatic rings. The van der Waals surface area contributed by atoms with Gasteiger partial charge >= 0.3 is 5.97 Å². The zero-order chi connectivity index (χ0) is 25.7. The van der Waals surface area contributed by atoms with Crippen molar-refractivity contribution in [1.82, 2.24) is 4.90 Å². The summed E-state index contributed by atoms with van der Waals surface area (Å²) in [6.07, 6.45) is 5.90. The first kappa shape index (κ1) is 25.0. The lowest BCUT2D eigenvalue weighted by Crippen LogP contribution is -2.50. The smallest absolute Gasteiger partial charge is 0.306 e. The van der Waals surface area contributed by atoms with E-state index in [9.17, 15) is 19.1 Å². The molecule has 0 bridgehead atoms. The highest BCUT2D eigenvalue weighted by Crippen LogP contribution is 2.50. The fourth-order valence-corrected chi connectivity index (χ4v) is 7.13. The van der Waals surface area contributed by atoms with Crippen molar-refractivity contribution < 1.29 is 19.1 Å². The lowest BCUT2D eigenvalue weighted by Gasteiger charge is -2.45. The van der Waals surface area contributed by atoms with Crippen LogP contribution in [0.1, 0.15) is 81.5 Å². The minimum Gasteiger partial charge on any atom is -0.481 e. The second-order valence-electron chi connectivity index (χ2n) is 12.3. The van der Waals surface area contributed by atoms with Gasteiger partial charge < -0.3 is 10.0 Å². The van der Waals surface area contributed by atoms with Gasteiger partial charge in [-0.3, -0.25) is 9.59 Å². The number of aliphatic carboxylic acids is 1. The summed E-state index contributed by atoms with van der Waals surface area (Å²) in [6, 6.07) is 13.9. The summed E-state index contributed by atoms with van der Waals surface area (Å²) >= 11 is 0. The van der Waals surface area contributed by atoms with Crippen molar-refractivity contribution >= 4 is 11.9 Å². The summed E-state index contributed by atoms with van der Waals surface area (Å²) in [6.45, 7) is 7.41. The van der Waals surface area contributed by atoms with E-state index in [0.717, 1.165) is 24.8 Å². The van der Waals surface area contributed by atoms with E-state index in [1.807, 2.05) is 6.07 Å². The summed E-state index contributed by atoms with van der Waals surface area (Å²) in [5.41, 5.74) is 4.82. The highest BCUT2D eigenvalue weighted by atomic mass is 19.1. The van der Waals surface area contributed by atoms with Crippen LogP contribution in [-0.2, 0) is 33.3 Å². The first-order valence-corrected chi connectivity index (χ1v) is 13.5. The van der Waals surface area contributed by atoms with E-state index in [1.54, 1.807) is 12.1 Å². The molecular weight excluding hydrogens is 453 g/mol. The van der Waals surface area contributed by atoms with Crippen LogP contribution in [0.15, 0.2) is 42.5 Å². The van der Waals surface area contributed by atoms with E-state index >= 15 is 0 Å². The predicted molar refractivity (Wildman–Crippen MR) is 138 cm³/mol. The molecule has 2 atom stereocenters. The summed E-state index contributed by atoms with van der Waals surface area (Å²) in [5.74, 6) is -1.18. The number of halogens is 1. The Bertz CT molecular complexity index is 1160. The third-order valence-electron chi connectivity index (χ3n) is 9.13. The highest BCUT2D eigenvalue weighted by Gasteiger charge is 2.53. The van der Waals surface area contributed by atoms with Gasteiger partial charge in [-0.2, -0.15) is 0 Å². The lowest BCUT2D eigenvalue weighted by molar-refractivity contribution is -0.146. The van der Waals surface area contributed by atoms with Crippen LogP contribution in [-0.4, -0.2) is 34.5 Å².